The summed E-state index contributed by atoms with van der Waals surface area (Å²) in [7, 11) is 0. The molecule has 0 atom stereocenters. The van der Waals surface area contributed by atoms with Crippen molar-refractivity contribution in [3.63, 3.8) is 0 Å². The minimum atomic E-state index is -0.842. The molecule has 4 aromatic rings. The molecule has 2 aromatic carbocycles. The van der Waals surface area contributed by atoms with Gasteiger partial charge in [0.2, 0.25) is 0 Å². The molecule has 0 aliphatic carbocycles. The van der Waals surface area contributed by atoms with Crippen LogP contribution in [0.3, 0.4) is 0 Å². The molecule has 25 heavy (non-hydrogen) atoms. The Bertz CT molecular complexity index is 1250. The van der Waals surface area contributed by atoms with Crippen LogP contribution in [-0.4, -0.2) is 19.5 Å². The highest BCUT2D eigenvalue weighted by molar-refractivity contribution is 5.82. The first kappa shape index (κ1) is 14.9. The Morgan fingerprint density at radius 2 is 1.80 bits per heavy atom. The first-order valence-corrected chi connectivity index (χ1v) is 7.50. The Hall–Kier alpha value is -3.68. The molecule has 2 N–H and O–H groups in total. The van der Waals surface area contributed by atoms with Gasteiger partial charge in [-0.25, -0.2) is 0 Å². The minimum Gasteiger partial charge on any atom is -0.343 e. The molecule has 8 heteroatoms. The van der Waals surface area contributed by atoms with Crippen molar-refractivity contribution in [1.82, 2.24) is 14.5 Å². The highest BCUT2D eigenvalue weighted by Crippen LogP contribution is 2.24. The predicted molar refractivity (Wildman–Crippen MR) is 92.9 cm³/mol. The molecule has 0 saturated carbocycles. The van der Waals surface area contributed by atoms with Crippen LogP contribution >= 0.6 is 0 Å². The average molecular weight is 336 g/mol. The second kappa shape index (κ2) is 5.45. The lowest BCUT2D eigenvalue weighted by Gasteiger charge is -2.09. The lowest BCUT2D eigenvalue weighted by Crippen LogP contribution is -2.29. The molecular weight excluding hydrogens is 324 g/mol. The van der Waals surface area contributed by atoms with Crippen molar-refractivity contribution in [2.75, 3.05) is 0 Å². The maximum absolute atomic E-state index is 11.7. The largest absolute Gasteiger partial charge is 0.343 e. The molecule has 124 valence electrons. The standard InChI is InChI=1S/C17H12N4O4/c22-16-17(23)19-15-11(7-12(21(24)25)8-13(15)18-16)9-20-6-5-10-3-1-2-4-14(10)20/h1-8H,9H2,(H,18,22)(H,19,23). The number of nitro benzene ring substituents is 1. The molecule has 0 radical (unpaired) electrons. The van der Waals surface area contributed by atoms with Crippen molar-refractivity contribution in [2.45, 2.75) is 6.54 Å². The van der Waals surface area contributed by atoms with E-state index in [0.717, 1.165) is 10.9 Å². The Labute approximate surface area is 139 Å². The fourth-order valence-corrected chi connectivity index (χ4v) is 2.97. The number of nitrogens with one attached hydrogen (secondary N) is 2. The monoisotopic (exact) mass is 336 g/mol. The van der Waals surface area contributed by atoms with Crippen molar-refractivity contribution in [1.29, 1.82) is 0 Å². The lowest BCUT2D eigenvalue weighted by molar-refractivity contribution is -0.384. The van der Waals surface area contributed by atoms with Gasteiger partial charge in [-0.15, -0.1) is 0 Å². The SMILES string of the molecule is O=c1[nH]c2cc([N+](=O)[O-])cc(Cn3ccc4ccccc43)c2[nH]c1=O. The molecule has 0 bridgehead atoms. The van der Waals surface area contributed by atoms with E-state index < -0.39 is 16.0 Å². The van der Waals surface area contributed by atoms with Gasteiger partial charge >= 0.3 is 11.1 Å². The lowest BCUT2D eigenvalue weighted by atomic mass is 10.1. The van der Waals surface area contributed by atoms with E-state index in [9.17, 15) is 19.7 Å². The number of non-ortho nitro benzene ring substituents is 1. The number of H-pyrrole nitrogens is 2. The molecule has 0 spiro atoms. The van der Waals surface area contributed by atoms with Gasteiger partial charge in [0.25, 0.3) is 5.69 Å². The van der Waals surface area contributed by atoms with Gasteiger partial charge < -0.3 is 14.5 Å². The zero-order chi connectivity index (χ0) is 17.6. The molecule has 0 fully saturated rings. The van der Waals surface area contributed by atoms with E-state index in [-0.39, 0.29) is 11.2 Å². The third kappa shape index (κ3) is 2.49. The van der Waals surface area contributed by atoms with Gasteiger partial charge in [-0.3, -0.25) is 19.7 Å². The number of nitrogens with zero attached hydrogens (tertiary/aromatic N) is 2. The smallest absolute Gasteiger partial charge is 0.314 e. The topological polar surface area (TPSA) is 114 Å². The van der Waals surface area contributed by atoms with Crippen molar-refractivity contribution in [3.8, 4) is 0 Å². The summed E-state index contributed by atoms with van der Waals surface area (Å²) in [4.78, 5) is 38.8. The molecule has 0 unspecified atom stereocenters. The van der Waals surface area contributed by atoms with Crippen molar-refractivity contribution >= 4 is 27.6 Å². The number of hydrogen-bond donors (Lipinski definition) is 2. The van der Waals surface area contributed by atoms with Gasteiger partial charge in [0.1, 0.15) is 0 Å². The fourth-order valence-electron chi connectivity index (χ4n) is 2.97. The normalized spacial score (nSPS) is 11.2. The summed E-state index contributed by atoms with van der Waals surface area (Å²) in [6, 6.07) is 12.3. The van der Waals surface area contributed by atoms with E-state index in [1.807, 2.05) is 41.1 Å². The van der Waals surface area contributed by atoms with Gasteiger partial charge in [-0.2, -0.15) is 0 Å². The summed E-state index contributed by atoms with van der Waals surface area (Å²) >= 11 is 0. The molecule has 2 heterocycles. The van der Waals surface area contributed by atoms with Crippen LogP contribution in [-0.2, 0) is 6.54 Å². The summed E-state index contributed by atoms with van der Waals surface area (Å²) in [6.45, 7) is 0.313. The maximum atomic E-state index is 11.7. The van der Waals surface area contributed by atoms with Crippen LogP contribution in [0.1, 0.15) is 5.56 Å². The Morgan fingerprint density at radius 3 is 2.60 bits per heavy atom. The van der Waals surface area contributed by atoms with E-state index in [0.29, 0.717) is 17.6 Å². The van der Waals surface area contributed by atoms with E-state index in [1.165, 1.54) is 12.1 Å². The predicted octanol–water partition coefficient (Wildman–Crippen LogP) is 2.13. The van der Waals surface area contributed by atoms with Crippen LogP contribution in [0.4, 0.5) is 5.69 Å². The second-order valence-electron chi connectivity index (χ2n) is 5.70. The maximum Gasteiger partial charge on any atom is 0.314 e. The van der Waals surface area contributed by atoms with Crippen LogP contribution in [0, 0.1) is 10.1 Å². The molecule has 2 aromatic heterocycles. The van der Waals surface area contributed by atoms with Crippen LogP contribution in [0.5, 0.6) is 0 Å². The summed E-state index contributed by atoms with van der Waals surface area (Å²) < 4.78 is 1.93. The summed E-state index contributed by atoms with van der Waals surface area (Å²) in [5.74, 6) is 0. The quantitative estimate of drug-likeness (QED) is 0.339. The van der Waals surface area contributed by atoms with Crippen molar-refractivity contribution < 1.29 is 4.92 Å². The molecule has 0 aliphatic heterocycles. The Balaban J connectivity index is 1.96. The van der Waals surface area contributed by atoms with Gasteiger partial charge in [0, 0.05) is 36.0 Å². The van der Waals surface area contributed by atoms with E-state index >= 15 is 0 Å². The zero-order valence-electron chi connectivity index (χ0n) is 12.9. The van der Waals surface area contributed by atoms with E-state index in [1.54, 1.807) is 0 Å². The Kier molecular flexibility index (Phi) is 3.24. The van der Waals surface area contributed by atoms with Crippen LogP contribution in [0.2, 0.25) is 0 Å². The number of aromatic nitrogens is 3. The summed E-state index contributed by atoms with van der Waals surface area (Å²) in [6.07, 6.45) is 1.87. The molecule has 0 amide bonds. The van der Waals surface area contributed by atoms with Crippen molar-refractivity contribution in [2.24, 2.45) is 0 Å². The van der Waals surface area contributed by atoms with Crippen LogP contribution in [0.25, 0.3) is 21.9 Å². The molecule has 0 aliphatic rings. The van der Waals surface area contributed by atoms with Gasteiger partial charge in [0.15, 0.2) is 0 Å². The number of para-hydroxylation sites is 1. The molecule has 4 rings (SSSR count). The number of nitro groups is 1. The highest BCUT2D eigenvalue weighted by Gasteiger charge is 2.14. The Morgan fingerprint density at radius 1 is 1.04 bits per heavy atom. The van der Waals surface area contributed by atoms with Crippen molar-refractivity contribution in [3.05, 3.63) is 85.0 Å². The third-order valence-corrected chi connectivity index (χ3v) is 4.13. The highest BCUT2D eigenvalue weighted by atomic mass is 16.6. The number of aromatic amines is 2. The van der Waals surface area contributed by atoms with E-state index in [2.05, 4.69) is 9.97 Å². The van der Waals surface area contributed by atoms with Gasteiger partial charge in [-0.1, -0.05) is 18.2 Å². The van der Waals surface area contributed by atoms with Crippen LogP contribution in [0.15, 0.2) is 58.3 Å². The number of rotatable bonds is 3. The number of fused-ring (bicyclic) bond motifs is 2. The van der Waals surface area contributed by atoms with E-state index in [4.69, 9.17) is 0 Å². The second-order valence-corrected chi connectivity index (χ2v) is 5.70. The van der Waals surface area contributed by atoms with Gasteiger partial charge in [-0.05, 0) is 17.5 Å². The first-order chi connectivity index (χ1) is 12.0. The molecule has 0 saturated heterocycles. The van der Waals surface area contributed by atoms with Crippen LogP contribution < -0.4 is 11.1 Å². The molecule has 8 nitrogen and oxygen atoms in total. The molecular formula is C17H12N4O4. The third-order valence-electron chi connectivity index (χ3n) is 4.13. The summed E-state index contributed by atoms with van der Waals surface area (Å²) in [5.41, 5.74) is 0.332. The average Bonchev–Trinajstić information content (AvgIpc) is 2.99. The minimum absolute atomic E-state index is 0.151. The number of hydrogen-bond acceptors (Lipinski definition) is 4. The fraction of sp³-hybridized carbons (Fsp3) is 0.0588. The van der Waals surface area contributed by atoms with Gasteiger partial charge in [0.05, 0.1) is 16.0 Å². The zero-order valence-corrected chi connectivity index (χ0v) is 12.9. The first-order valence-electron chi connectivity index (χ1n) is 7.50. The summed E-state index contributed by atoms with van der Waals surface area (Å²) in [5, 5.41) is 12.2. The number of benzene rings is 2.